The van der Waals surface area contributed by atoms with Crippen LogP contribution in [0.1, 0.15) is 32.5 Å². The first kappa shape index (κ1) is 19.2. The van der Waals surface area contributed by atoms with E-state index in [-0.39, 0.29) is 17.3 Å². The number of aromatic amines is 1. The fraction of sp³-hybridized carbons (Fsp3) is 0.389. The van der Waals surface area contributed by atoms with Crippen LogP contribution in [0.5, 0.6) is 0 Å². The Labute approximate surface area is 159 Å². The third-order valence-electron chi connectivity index (χ3n) is 4.40. The zero-order valence-corrected chi connectivity index (χ0v) is 15.9. The average Bonchev–Trinajstić information content (AvgIpc) is 3.01. The topological polar surface area (TPSA) is 84.7 Å². The van der Waals surface area contributed by atoms with E-state index in [1.54, 1.807) is 16.7 Å². The van der Waals surface area contributed by atoms with Crippen LogP contribution in [-0.4, -0.2) is 19.1 Å². The van der Waals surface area contributed by atoms with Crippen LogP contribution in [0, 0.1) is 5.82 Å². The van der Waals surface area contributed by atoms with Crippen molar-refractivity contribution in [3.8, 4) is 0 Å². The zero-order valence-electron chi connectivity index (χ0n) is 15.2. The Bertz CT molecular complexity index is 1090. The molecular formula is C18H21ClFN5O2. The number of halogens is 2. The Kier molecular flexibility index (Phi) is 5.65. The van der Waals surface area contributed by atoms with E-state index in [1.165, 1.54) is 10.6 Å². The molecule has 9 heteroatoms. The van der Waals surface area contributed by atoms with Crippen LogP contribution in [0.15, 0.2) is 27.8 Å². The highest BCUT2D eigenvalue weighted by molar-refractivity contribution is 6.31. The van der Waals surface area contributed by atoms with Crippen LogP contribution in [-0.2, 0) is 19.6 Å². The van der Waals surface area contributed by atoms with E-state index < -0.39 is 17.1 Å². The molecule has 0 saturated carbocycles. The van der Waals surface area contributed by atoms with Gasteiger partial charge in [0.1, 0.15) is 5.82 Å². The number of aryl methyl sites for hydroxylation is 2. The van der Waals surface area contributed by atoms with Gasteiger partial charge >= 0.3 is 5.69 Å². The molecule has 3 aromatic rings. The molecule has 7 nitrogen and oxygen atoms in total. The lowest BCUT2D eigenvalue weighted by molar-refractivity contribution is 0.613. The highest BCUT2D eigenvalue weighted by Gasteiger charge is 2.18. The Balaban J connectivity index is 2.05. The molecule has 27 heavy (non-hydrogen) atoms. The Morgan fingerprint density at radius 3 is 2.74 bits per heavy atom. The van der Waals surface area contributed by atoms with Gasteiger partial charge in [0.05, 0.1) is 17.3 Å². The van der Waals surface area contributed by atoms with Gasteiger partial charge in [0.15, 0.2) is 17.0 Å². The van der Waals surface area contributed by atoms with Gasteiger partial charge in [0, 0.05) is 13.1 Å². The Hall–Kier alpha value is -2.61. The summed E-state index contributed by atoms with van der Waals surface area (Å²) in [5, 5.41) is 2.98. The molecule has 3 rings (SSSR count). The highest BCUT2D eigenvalue weighted by Crippen LogP contribution is 2.23. The van der Waals surface area contributed by atoms with Crippen molar-refractivity contribution in [2.45, 2.75) is 46.3 Å². The van der Waals surface area contributed by atoms with Gasteiger partial charge in [-0.25, -0.2) is 14.2 Å². The van der Waals surface area contributed by atoms with Crippen LogP contribution >= 0.6 is 11.6 Å². The molecule has 0 spiro atoms. The number of rotatable bonds is 7. The summed E-state index contributed by atoms with van der Waals surface area (Å²) in [6.45, 7) is 5.04. The number of benzene rings is 1. The normalized spacial score (nSPS) is 11.3. The summed E-state index contributed by atoms with van der Waals surface area (Å²) in [5.41, 5.74) is -0.00661. The van der Waals surface area contributed by atoms with Crippen LogP contribution in [0.2, 0.25) is 5.02 Å². The van der Waals surface area contributed by atoms with Crippen LogP contribution in [0.4, 0.5) is 10.1 Å². The molecule has 2 N–H and O–H groups in total. The third kappa shape index (κ3) is 3.62. The summed E-state index contributed by atoms with van der Waals surface area (Å²) in [6, 6.07) is 4.68. The van der Waals surface area contributed by atoms with E-state index in [4.69, 9.17) is 11.6 Å². The predicted molar refractivity (Wildman–Crippen MR) is 104 cm³/mol. The molecule has 0 bridgehead atoms. The van der Waals surface area contributed by atoms with E-state index >= 15 is 0 Å². The molecule has 2 aromatic heterocycles. The van der Waals surface area contributed by atoms with Gasteiger partial charge in [-0.1, -0.05) is 31.0 Å². The maximum absolute atomic E-state index is 14.1. The standard InChI is InChI=1S/C18H21ClFN5O2/c1-3-5-9-25-16-15(17(26)23-18(25)27)24(4-2)13(22-16)10-21-12-8-6-7-11(19)14(12)20/h6-8,21H,3-5,9-10H2,1-2H3,(H,23,26,27). The summed E-state index contributed by atoms with van der Waals surface area (Å²) < 4.78 is 17.3. The predicted octanol–water partition coefficient (Wildman–Crippen LogP) is 3.11. The summed E-state index contributed by atoms with van der Waals surface area (Å²) in [7, 11) is 0. The maximum Gasteiger partial charge on any atom is 0.330 e. The lowest BCUT2D eigenvalue weighted by Crippen LogP contribution is -2.31. The first-order valence-electron chi connectivity index (χ1n) is 8.88. The molecule has 0 aliphatic carbocycles. The fourth-order valence-electron chi connectivity index (χ4n) is 3.03. The molecule has 0 radical (unpaired) electrons. The molecule has 1 aromatic carbocycles. The van der Waals surface area contributed by atoms with Crippen molar-refractivity contribution in [2.24, 2.45) is 0 Å². The second-order valence-corrected chi connectivity index (χ2v) is 6.57. The van der Waals surface area contributed by atoms with Gasteiger partial charge < -0.3 is 9.88 Å². The van der Waals surface area contributed by atoms with Crippen molar-refractivity contribution in [1.82, 2.24) is 19.1 Å². The van der Waals surface area contributed by atoms with Gasteiger partial charge in [-0.05, 0) is 25.5 Å². The number of unbranched alkanes of at least 4 members (excludes halogenated alkanes) is 1. The summed E-state index contributed by atoms with van der Waals surface area (Å²) in [4.78, 5) is 31.4. The van der Waals surface area contributed by atoms with Crippen LogP contribution < -0.4 is 16.6 Å². The molecule has 2 heterocycles. The van der Waals surface area contributed by atoms with Crippen molar-refractivity contribution < 1.29 is 4.39 Å². The third-order valence-corrected chi connectivity index (χ3v) is 4.70. The minimum Gasteiger partial charge on any atom is -0.375 e. The lowest BCUT2D eigenvalue weighted by Gasteiger charge is -2.09. The number of anilines is 1. The molecule has 0 aliphatic rings. The molecule has 0 amide bonds. The van der Waals surface area contributed by atoms with Gasteiger partial charge in [0.2, 0.25) is 0 Å². The molecule has 0 aliphatic heterocycles. The van der Waals surface area contributed by atoms with Crippen molar-refractivity contribution >= 4 is 28.5 Å². The fourth-order valence-corrected chi connectivity index (χ4v) is 3.21. The monoisotopic (exact) mass is 393 g/mol. The van der Waals surface area contributed by atoms with Gasteiger partial charge in [-0.2, -0.15) is 0 Å². The molecule has 0 atom stereocenters. The summed E-state index contributed by atoms with van der Waals surface area (Å²) >= 11 is 5.81. The van der Waals surface area contributed by atoms with E-state index in [9.17, 15) is 14.0 Å². The van der Waals surface area contributed by atoms with Gasteiger partial charge in [-0.3, -0.25) is 14.3 Å². The zero-order chi connectivity index (χ0) is 19.6. The number of hydrogen-bond acceptors (Lipinski definition) is 4. The van der Waals surface area contributed by atoms with Gasteiger partial charge in [-0.15, -0.1) is 0 Å². The first-order valence-corrected chi connectivity index (χ1v) is 9.25. The van der Waals surface area contributed by atoms with E-state index in [2.05, 4.69) is 15.3 Å². The van der Waals surface area contributed by atoms with E-state index in [0.29, 0.717) is 30.1 Å². The summed E-state index contributed by atoms with van der Waals surface area (Å²) in [6.07, 6.45) is 1.70. The number of aromatic nitrogens is 4. The average molecular weight is 394 g/mol. The van der Waals surface area contributed by atoms with Crippen molar-refractivity contribution in [3.63, 3.8) is 0 Å². The van der Waals surface area contributed by atoms with Crippen molar-refractivity contribution in [1.29, 1.82) is 0 Å². The minimum absolute atomic E-state index is 0.0221. The highest BCUT2D eigenvalue weighted by atomic mass is 35.5. The van der Waals surface area contributed by atoms with Crippen LogP contribution in [0.3, 0.4) is 0 Å². The van der Waals surface area contributed by atoms with Crippen LogP contribution in [0.25, 0.3) is 11.2 Å². The molecule has 0 fully saturated rings. The second-order valence-electron chi connectivity index (χ2n) is 6.16. The number of imidazole rings is 1. The maximum atomic E-state index is 14.1. The van der Waals surface area contributed by atoms with Crippen molar-refractivity contribution in [3.05, 3.63) is 55.7 Å². The Morgan fingerprint density at radius 2 is 2.04 bits per heavy atom. The lowest BCUT2D eigenvalue weighted by atomic mass is 10.3. The molecule has 0 unspecified atom stereocenters. The quantitative estimate of drug-likeness (QED) is 0.646. The number of H-pyrrole nitrogens is 1. The van der Waals surface area contributed by atoms with Crippen molar-refractivity contribution in [2.75, 3.05) is 5.32 Å². The summed E-state index contributed by atoms with van der Waals surface area (Å²) in [5.74, 6) is -0.00995. The van der Waals surface area contributed by atoms with Gasteiger partial charge in [0.25, 0.3) is 5.56 Å². The molecule has 0 saturated heterocycles. The van der Waals surface area contributed by atoms with E-state index in [1.807, 2.05) is 13.8 Å². The smallest absolute Gasteiger partial charge is 0.330 e. The molecule has 144 valence electrons. The largest absolute Gasteiger partial charge is 0.375 e. The minimum atomic E-state index is -0.545. The number of nitrogens with zero attached hydrogens (tertiary/aromatic N) is 3. The second kappa shape index (κ2) is 7.96. The van der Waals surface area contributed by atoms with E-state index in [0.717, 1.165) is 12.8 Å². The number of hydrogen-bond donors (Lipinski definition) is 2. The Morgan fingerprint density at radius 1 is 1.26 bits per heavy atom. The number of fused-ring (bicyclic) bond motifs is 1. The SMILES string of the molecule is CCCCn1c(=O)[nH]c(=O)c2c1nc(CNc1cccc(Cl)c1F)n2CC. The molecular weight excluding hydrogens is 373 g/mol. The number of nitrogens with one attached hydrogen (secondary N) is 2. The first-order chi connectivity index (χ1) is 13.0.